The largest absolute Gasteiger partial charge is 0.338 e. The van der Waals surface area contributed by atoms with E-state index in [-0.39, 0.29) is 5.91 Å². The highest BCUT2D eigenvalue weighted by Gasteiger charge is 2.31. The zero-order chi connectivity index (χ0) is 14.9. The lowest BCUT2D eigenvalue weighted by Gasteiger charge is -2.29. The number of aromatic nitrogens is 1. The van der Waals surface area contributed by atoms with Crippen molar-refractivity contribution >= 4 is 23.6 Å². The molecule has 0 unspecified atom stereocenters. The van der Waals surface area contributed by atoms with Crippen molar-refractivity contribution in [3.63, 3.8) is 0 Å². The number of hydrogen-bond acceptors (Lipinski definition) is 4. The van der Waals surface area contributed by atoms with E-state index < -0.39 is 4.75 Å². The maximum atomic E-state index is 12.4. The number of amides is 1. The quantitative estimate of drug-likeness (QED) is 0.856. The Morgan fingerprint density at radius 2 is 2.10 bits per heavy atom. The van der Waals surface area contributed by atoms with Crippen LogP contribution in [-0.2, 0) is 4.79 Å². The normalized spacial score (nSPS) is 19.9. The molecule has 0 bridgehead atoms. The first-order valence-corrected chi connectivity index (χ1v) is 8.95. The molecule has 0 atom stereocenters. The zero-order valence-corrected chi connectivity index (χ0v) is 13.7. The minimum absolute atomic E-state index is 0.00290. The summed E-state index contributed by atoms with van der Waals surface area (Å²) in [5.41, 5.74) is 0.983. The van der Waals surface area contributed by atoms with Crippen LogP contribution in [0.5, 0.6) is 0 Å². The fourth-order valence-corrected chi connectivity index (χ4v) is 3.73. The third kappa shape index (κ3) is 3.44. The van der Waals surface area contributed by atoms with Crippen molar-refractivity contribution in [2.45, 2.75) is 63.0 Å². The van der Waals surface area contributed by atoms with Crippen molar-refractivity contribution in [1.82, 2.24) is 5.16 Å². The van der Waals surface area contributed by atoms with Crippen molar-refractivity contribution in [1.29, 1.82) is 0 Å². The number of nitrogens with one attached hydrogen (secondary N) is 1. The molecule has 0 spiro atoms. The fourth-order valence-electron chi connectivity index (χ4n) is 2.56. The summed E-state index contributed by atoms with van der Waals surface area (Å²) in [7, 11) is 0. The summed E-state index contributed by atoms with van der Waals surface area (Å²) in [5.74, 6) is 2.89. The van der Waals surface area contributed by atoms with Crippen molar-refractivity contribution in [2.75, 3.05) is 11.1 Å². The number of thioether (sulfide) groups is 1. The van der Waals surface area contributed by atoms with Crippen LogP contribution in [0, 0.1) is 5.92 Å². The van der Waals surface area contributed by atoms with Gasteiger partial charge in [0.25, 0.3) is 0 Å². The van der Waals surface area contributed by atoms with Crippen LogP contribution in [0.2, 0.25) is 0 Å². The Kier molecular flexibility index (Phi) is 4.29. The molecule has 1 aromatic rings. The molecule has 4 nitrogen and oxygen atoms in total. The van der Waals surface area contributed by atoms with E-state index in [0.717, 1.165) is 17.4 Å². The summed E-state index contributed by atoms with van der Waals surface area (Å²) in [6.07, 6.45) is 7.62. The van der Waals surface area contributed by atoms with Crippen LogP contribution in [0.25, 0.3) is 0 Å². The van der Waals surface area contributed by atoms with Gasteiger partial charge >= 0.3 is 0 Å². The van der Waals surface area contributed by atoms with Crippen LogP contribution in [-0.4, -0.2) is 21.6 Å². The lowest BCUT2D eigenvalue weighted by molar-refractivity contribution is -0.117. The van der Waals surface area contributed by atoms with Crippen molar-refractivity contribution in [2.24, 2.45) is 5.92 Å². The number of nitrogens with zero attached hydrogens (tertiary/aromatic N) is 1. The SMILES string of the molecule is CC(C)(SCC1CCC1)C(=O)Nc1cc(C2CCC2)no1. The van der Waals surface area contributed by atoms with Crippen LogP contribution >= 0.6 is 11.8 Å². The van der Waals surface area contributed by atoms with E-state index >= 15 is 0 Å². The maximum absolute atomic E-state index is 12.4. The predicted octanol–water partition coefficient (Wildman–Crippen LogP) is 4.19. The first kappa shape index (κ1) is 14.9. The standard InChI is InChI=1S/C16H24N2O2S/c1-16(2,21-10-11-5-3-6-11)15(19)17-14-9-13(18-20-14)12-7-4-8-12/h9,11-12H,3-8,10H2,1-2H3,(H,17,19). The molecule has 116 valence electrons. The Bertz CT molecular complexity index is 504. The monoisotopic (exact) mass is 308 g/mol. The van der Waals surface area contributed by atoms with Gasteiger partial charge in [-0.25, -0.2) is 0 Å². The van der Waals surface area contributed by atoms with Gasteiger partial charge < -0.3 is 4.52 Å². The van der Waals surface area contributed by atoms with Gasteiger partial charge in [-0.1, -0.05) is 18.0 Å². The molecule has 3 rings (SSSR count). The topological polar surface area (TPSA) is 55.1 Å². The van der Waals surface area contributed by atoms with E-state index in [1.54, 1.807) is 11.8 Å². The second-order valence-electron chi connectivity index (χ2n) is 6.82. The molecule has 2 fully saturated rings. The second-order valence-corrected chi connectivity index (χ2v) is 8.46. The Hall–Kier alpha value is -0.970. The smallest absolute Gasteiger partial charge is 0.242 e. The van der Waals surface area contributed by atoms with E-state index in [1.807, 2.05) is 19.9 Å². The predicted molar refractivity (Wildman–Crippen MR) is 85.6 cm³/mol. The van der Waals surface area contributed by atoms with E-state index in [1.165, 1.54) is 38.5 Å². The minimum atomic E-state index is -0.432. The first-order chi connectivity index (χ1) is 10.0. The van der Waals surface area contributed by atoms with E-state index in [9.17, 15) is 4.79 Å². The lowest BCUT2D eigenvalue weighted by atomic mass is 9.83. The van der Waals surface area contributed by atoms with Crippen molar-refractivity contribution in [3.8, 4) is 0 Å². The third-order valence-corrected chi connectivity index (χ3v) is 6.29. The average Bonchev–Trinajstić information content (AvgIpc) is 2.72. The van der Waals surface area contributed by atoms with Crippen LogP contribution in [0.15, 0.2) is 10.6 Å². The average molecular weight is 308 g/mol. The molecule has 0 aliphatic heterocycles. The summed E-state index contributed by atoms with van der Waals surface area (Å²) in [6, 6.07) is 1.88. The fraction of sp³-hybridized carbons (Fsp3) is 0.750. The summed E-state index contributed by atoms with van der Waals surface area (Å²) < 4.78 is 4.82. The molecule has 1 N–H and O–H groups in total. The van der Waals surface area contributed by atoms with Crippen molar-refractivity contribution in [3.05, 3.63) is 11.8 Å². The highest BCUT2D eigenvalue weighted by molar-refractivity contribution is 8.01. The first-order valence-electron chi connectivity index (χ1n) is 7.96. The maximum Gasteiger partial charge on any atom is 0.242 e. The van der Waals surface area contributed by atoms with Crippen molar-refractivity contribution < 1.29 is 9.32 Å². The molecule has 5 heteroatoms. The van der Waals surface area contributed by atoms with Crippen LogP contribution in [0.4, 0.5) is 5.88 Å². The molecule has 0 saturated heterocycles. The third-order valence-electron chi connectivity index (χ3n) is 4.74. The van der Waals surface area contributed by atoms with E-state index in [4.69, 9.17) is 4.52 Å². The Balaban J connectivity index is 1.52. The highest BCUT2D eigenvalue weighted by atomic mass is 32.2. The molecule has 1 aromatic heterocycles. The Morgan fingerprint density at radius 3 is 2.67 bits per heavy atom. The van der Waals surface area contributed by atoms with Gasteiger partial charge in [-0.05, 0) is 51.2 Å². The van der Waals surface area contributed by atoms with Gasteiger partial charge in [0.15, 0.2) is 0 Å². The summed E-state index contributed by atoms with van der Waals surface area (Å²) in [6.45, 7) is 3.96. The molecular formula is C16H24N2O2S. The second kappa shape index (κ2) is 6.03. The molecule has 2 aliphatic rings. The van der Waals surface area contributed by atoms with Crippen LogP contribution in [0.3, 0.4) is 0 Å². The minimum Gasteiger partial charge on any atom is -0.338 e. The molecule has 2 saturated carbocycles. The lowest BCUT2D eigenvalue weighted by Crippen LogP contribution is -2.35. The van der Waals surface area contributed by atoms with Crippen LogP contribution in [0.1, 0.15) is 64.0 Å². The van der Waals surface area contributed by atoms with Gasteiger partial charge in [-0.2, -0.15) is 0 Å². The van der Waals surface area contributed by atoms with Gasteiger partial charge in [0.2, 0.25) is 11.8 Å². The number of carbonyl (C=O) groups excluding carboxylic acids is 1. The molecule has 0 aromatic carbocycles. The van der Waals surface area contributed by atoms with Gasteiger partial charge in [0.05, 0.1) is 10.4 Å². The highest BCUT2D eigenvalue weighted by Crippen LogP contribution is 2.37. The van der Waals surface area contributed by atoms with Gasteiger partial charge in [-0.15, -0.1) is 11.8 Å². The summed E-state index contributed by atoms with van der Waals surface area (Å²) in [4.78, 5) is 12.4. The number of carbonyl (C=O) groups is 1. The molecular weight excluding hydrogens is 284 g/mol. The summed E-state index contributed by atoms with van der Waals surface area (Å²) >= 11 is 1.74. The number of hydrogen-bond donors (Lipinski definition) is 1. The van der Waals surface area contributed by atoms with E-state index in [2.05, 4.69) is 10.5 Å². The molecule has 0 radical (unpaired) electrons. The Morgan fingerprint density at radius 1 is 1.38 bits per heavy atom. The molecule has 1 amide bonds. The summed E-state index contributed by atoms with van der Waals surface area (Å²) in [5, 5.41) is 6.95. The zero-order valence-electron chi connectivity index (χ0n) is 12.9. The van der Waals surface area contributed by atoms with Gasteiger partial charge in [0.1, 0.15) is 0 Å². The number of anilines is 1. The number of rotatable bonds is 6. The Labute approximate surface area is 130 Å². The molecule has 1 heterocycles. The van der Waals surface area contributed by atoms with Gasteiger partial charge in [-0.3, -0.25) is 10.1 Å². The molecule has 21 heavy (non-hydrogen) atoms. The van der Waals surface area contributed by atoms with Gasteiger partial charge in [0, 0.05) is 12.0 Å². The van der Waals surface area contributed by atoms with Crippen LogP contribution < -0.4 is 5.32 Å². The molecule has 2 aliphatic carbocycles. The van der Waals surface area contributed by atoms with E-state index in [0.29, 0.717) is 11.8 Å².